The molecule has 0 radical (unpaired) electrons. The summed E-state index contributed by atoms with van der Waals surface area (Å²) in [6.45, 7) is 0.839. The number of fused-ring (bicyclic) bond motifs is 1. The van der Waals surface area contributed by atoms with Gasteiger partial charge in [0.1, 0.15) is 24.0 Å². The van der Waals surface area contributed by atoms with Gasteiger partial charge in [0.2, 0.25) is 0 Å². The second-order valence-electron chi connectivity index (χ2n) is 7.38. The highest BCUT2D eigenvalue weighted by atomic mass is 16.5. The summed E-state index contributed by atoms with van der Waals surface area (Å²) >= 11 is 0. The summed E-state index contributed by atoms with van der Waals surface area (Å²) in [6.07, 6.45) is 1.58. The summed E-state index contributed by atoms with van der Waals surface area (Å²) in [6, 6.07) is 33.4. The van der Waals surface area contributed by atoms with Gasteiger partial charge in [0.25, 0.3) is 5.91 Å². The average molecular weight is 418 g/mol. The van der Waals surface area contributed by atoms with Crippen LogP contribution < -0.4 is 10.1 Å². The molecular weight excluding hydrogens is 396 g/mol. The topological polar surface area (TPSA) is 62.1 Å². The third kappa shape index (κ3) is 5.41. The van der Waals surface area contributed by atoms with E-state index in [9.17, 15) is 10.1 Å². The van der Waals surface area contributed by atoms with E-state index < -0.39 is 5.91 Å². The standard InChI is InChI=1S/C28H22N2O2/c29-18-26(28(31)30-19-22-6-2-1-3-7-22)16-21-11-14-27(15-12-21)32-20-23-10-13-24-8-4-5-9-25(24)17-23/h1-17H,19-20H2,(H,30,31)/b26-16-. The number of nitrogens with zero attached hydrogens (tertiary/aromatic N) is 1. The Hall–Kier alpha value is -4.36. The Balaban J connectivity index is 1.36. The van der Waals surface area contributed by atoms with Crippen LogP contribution in [0.1, 0.15) is 16.7 Å². The fraction of sp³-hybridized carbons (Fsp3) is 0.0714. The predicted octanol–water partition coefficient (Wildman–Crippen LogP) is 5.64. The second kappa shape index (κ2) is 10.1. The molecule has 0 bridgehead atoms. The number of rotatable bonds is 7. The van der Waals surface area contributed by atoms with Crippen molar-refractivity contribution in [3.05, 3.63) is 119 Å². The van der Waals surface area contributed by atoms with Crippen LogP contribution >= 0.6 is 0 Å². The van der Waals surface area contributed by atoms with Crippen LogP contribution in [0.5, 0.6) is 5.75 Å². The Morgan fingerprint density at radius 2 is 1.56 bits per heavy atom. The van der Waals surface area contributed by atoms with E-state index in [2.05, 4.69) is 35.6 Å². The van der Waals surface area contributed by atoms with Crippen molar-refractivity contribution >= 4 is 22.8 Å². The van der Waals surface area contributed by atoms with E-state index in [4.69, 9.17) is 4.74 Å². The van der Waals surface area contributed by atoms with E-state index in [-0.39, 0.29) is 5.57 Å². The lowest BCUT2D eigenvalue weighted by Gasteiger charge is -2.08. The lowest BCUT2D eigenvalue weighted by Crippen LogP contribution is -2.23. The second-order valence-corrected chi connectivity index (χ2v) is 7.38. The number of amides is 1. The van der Waals surface area contributed by atoms with Crippen LogP contribution in [0.3, 0.4) is 0 Å². The van der Waals surface area contributed by atoms with Crippen LogP contribution in [-0.2, 0) is 17.9 Å². The van der Waals surface area contributed by atoms with Crippen molar-refractivity contribution in [1.82, 2.24) is 5.32 Å². The Labute approximate surface area is 187 Å². The number of nitrogens with one attached hydrogen (secondary N) is 1. The van der Waals surface area contributed by atoms with Gasteiger partial charge in [0.15, 0.2) is 0 Å². The molecule has 4 aromatic rings. The summed E-state index contributed by atoms with van der Waals surface area (Å²) in [4.78, 5) is 12.3. The van der Waals surface area contributed by atoms with Crippen molar-refractivity contribution in [2.45, 2.75) is 13.2 Å². The molecule has 0 aliphatic rings. The molecule has 4 heteroatoms. The Morgan fingerprint density at radius 3 is 2.31 bits per heavy atom. The van der Waals surface area contributed by atoms with Crippen molar-refractivity contribution in [2.24, 2.45) is 0 Å². The summed E-state index contributed by atoms with van der Waals surface area (Å²) in [5.74, 6) is 0.329. The van der Waals surface area contributed by atoms with Crippen molar-refractivity contribution in [1.29, 1.82) is 5.26 Å². The molecule has 0 saturated heterocycles. The SMILES string of the molecule is N#C/C(=C/c1ccc(OCc2ccc3ccccc3c2)cc1)C(=O)NCc1ccccc1. The molecule has 4 aromatic carbocycles. The molecule has 0 unspecified atom stereocenters. The maximum absolute atomic E-state index is 12.3. The zero-order valence-corrected chi connectivity index (χ0v) is 17.5. The average Bonchev–Trinajstić information content (AvgIpc) is 2.85. The molecule has 156 valence electrons. The van der Waals surface area contributed by atoms with Crippen LogP contribution in [0.2, 0.25) is 0 Å². The number of benzene rings is 4. The quantitative estimate of drug-likeness (QED) is 0.312. The minimum atomic E-state index is -0.395. The minimum Gasteiger partial charge on any atom is -0.489 e. The van der Waals surface area contributed by atoms with E-state index in [1.807, 2.05) is 72.8 Å². The number of carbonyl (C=O) groups excluding carboxylic acids is 1. The van der Waals surface area contributed by atoms with Gasteiger partial charge in [-0.2, -0.15) is 5.26 Å². The van der Waals surface area contributed by atoms with Gasteiger partial charge in [-0.15, -0.1) is 0 Å². The van der Waals surface area contributed by atoms with Crippen molar-refractivity contribution in [3.8, 4) is 11.8 Å². The molecule has 0 fully saturated rings. The number of carbonyl (C=O) groups is 1. The summed E-state index contributed by atoms with van der Waals surface area (Å²) < 4.78 is 5.90. The van der Waals surface area contributed by atoms with Gasteiger partial charge in [-0.05, 0) is 51.7 Å². The fourth-order valence-corrected chi connectivity index (χ4v) is 3.34. The molecule has 1 N–H and O–H groups in total. The van der Waals surface area contributed by atoms with Gasteiger partial charge in [-0.3, -0.25) is 4.79 Å². The maximum Gasteiger partial charge on any atom is 0.262 e. The van der Waals surface area contributed by atoms with E-state index in [1.54, 1.807) is 6.08 Å². The summed E-state index contributed by atoms with van der Waals surface area (Å²) in [5, 5.41) is 14.6. The molecule has 1 amide bonds. The molecule has 0 saturated carbocycles. The Kier molecular flexibility index (Phi) is 6.60. The monoisotopic (exact) mass is 418 g/mol. The molecular formula is C28H22N2O2. The van der Waals surface area contributed by atoms with Crippen molar-refractivity contribution in [3.63, 3.8) is 0 Å². The molecule has 32 heavy (non-hydrogen) atoms. The van der Waals surface area contributed by atoms with Crippen LogP contribution in [0.4, 0.5) is 0 Å². The van der Waals surface area contributed by atoms with E-state index >= 15 is 0 Å². The van der Waals surface area contributed by atoms with Crippen LogP contribution in [-0.4, -0.2) is 5.91 Å². The molecule has 0 aromatic heterocycles. The van der Waals surface area contributed by atoms with Crippen LogP contribution in [0, 0.1) is 11.3 Å². The lowest BCUT2D eigenvalue weighted by molar-refractivity contribution is -0.117. The fourth-order valence-electron chi connectivity index (χ4n) is 3.34. The van der Waals surface area contributed by atoms with Gasteiger partial charge >= 0.3 is 0 Å². The van der Waals surface area contributed by atoms with E-state index in [0.29, 0.717) is 13.2 Å². The lowest BCUT2D eigenvalue weighted by atomic mass is 10.1. The number of nitriles is 1. The molecule has 0 atom stereocenters. The van der Waals surface area contributed by atoms with Gasteiger partial charge in [-0.25, -0.2) is 0 Å². The highest BCUT2D eigenvalue weighted by molar-refractivity contribution is 6.01. The van der Waals surface area contributed by atoms with Gasteiger partial charge in [0.05, 0.1) is 0 Å². The van der Waals surface area contributed by atoms with E-state index in [0.717, 1.165) is 22.4 Å². The summed E-state index contributed by atoms with van der Waals surface area (Å²) in [5.41, 5.74) is 2.89. The highest BCUT2D eigenvalue weighted by Crippen LogP contribution is 2.19. The number of hydrogen-bond acceptors (Lipinski definition) is 3. The minimum absolute atomic E-state index is 0.0609. The third-order valence-electron chi connectivity index (χ3n) is 5.07. The van der Waals surface area contributed by atoms with E-state index in [1.165, 1.54) is 10.8 Å². The first kappa shape index (κ1) is 20.9. The zero-order chi connectivity index (χ0) is 22.2. The normalized spacial score (nSPS) is 11.0. The molecule has 0 aliphatic heterocycles. The van der Waals surface area contributed by atoms with Gasteiger partial charge < -0.3 is 10.1 Å². The Morgan fingerprint density at radius 1 is 0.844 bits per heavy atom. The van der Waals surface area contributed by atoms with Crippen molar-refractivity contribution in [2.75, 3.05) is 0 Å². The first-order valence-electron chi connectivity index (χ1n) is 10.4. The molecule has 4 nitrogen and oxygen atoms in total. The number of hydrogen-bond donors (Lipinski definition) is 1. The first-order chi connectivity index (χ1) is 15.7. The predicted molar refractivity (Wildman–Crippen MR) is 127 cm³/mol. The highest BCUT2D eigenvalue weighted by Gasteiger charge is 2.09. The van der Waals surface area contributed by atoms with Crippen molar-refractivity contribution < 1.29 is 9.53 Å². The first-order valence-corrected chi connectivity index (χ1v) is 10.4. The zero-order valence-electron chi connectivity index (χ0n) is 17.5. The van der Waals surface area contributed by atoms with Gasteiger partial charge in [0, 0.05) is 6.54 Å². The largest absolute Gasteiger partial charge is 0.489 e. The molecule has 0 aliphatic carbocycles. The van der Waals surface area contributed by atoms with Crippen LogP contribution in [0.25, 0.3) is 16.8 Å². The molecule has 0 heterocycles. The molecule has 0 spiro atoms. The number of ether oxygens (including phenoxy) is 1. The Bertz CT molecular complexity index is 1290. The maximum atomic E-state index is 12.3. The summed E-state index contributed by atoms with van der Waals surface area (Å²) in [7, 11) is 0. The van der Waals surface area contributed by atoms with Crippen LogP contribution in [0.15, 0.2) is 103 Å². The third-order valence-corrected chi connectivity index (χ3v) is 5.07. The molecule has 4 rings (SSSR count). The van der Waals surface area contributed by atoms with Gasteiger partial charge in [-0.1, -0.05) is 78.9 Å². The smallest absolute Gasteiger partial charge is 0.262 e.